The molecule has 0 atom stereocenters. The molecule has 0 N–H and O–H groups in total. The average molecular weight is 412 g/mol. The summed E-state index contributed by atoms with van der Waals surface area (Å²) in [6, 6.07) is 13.8. The monoisotopic (exact) mass is 411 g/mol. The first-order valence-electron chi connectivity index (χ1n) is 10.2. The van der Waals surface area contributed by atoms with E-state index in [1.54, 1.807) is 0 Å². The maximum absolute atomic E-state index is 13.2. The molecule has 29 heavy (non-hydrogen) atoms. The van der Waals surface area contributed by atoms with Crippen LogP contribution in [0.3, 0.4) is 0 Å². The van der Waals surface area contributed by atoms with Crippen LogP contribution in [0, 0.1) is 5.92 Å². The van der Waals surface area contributed by atoms with Crippen LogP contribution in [0.5, 0.6) is 0 Å². The van der Waals surface area contributed by atoms with Crippen LogP contribution in [0.4, 0.5) is 5.88 Å². The Kier molecular flexibility index (Phi) is 7.09. The number of rotatable bonds is 9. The number of amides is 1. The number of thiophene rings is 1. The van der Waals surface area contributed by atoms with E-state index < -0.39 is 0 Å². The topological polar surface area (TPSA) is 49.6 Å². The highest BCUT2D eigenvalue weighted by molar-refractivity contribution is 7.12. The lowest BCUT2D eigenvalue weighted by molar-refractivity contribution is 0.0728. The van der Waals surface area contributed by atoms with Crippen molar-refractivity contribution in [3.8, 4) is 11.3 Å². The molecule has 1 amide bonds. The number of carbonyl (C=O) groups is 1. The number of carbonyl (C=O) groups excluding carboxylic acids is 1. The van der Waals surface area contributed by atoms with Gasteiger partial charge in [0.2, 0.25) is 5.88 Å². The third kappa shape index (κ3) is 4.88. The predicted molar refractivity (Wildman–Crippen MR) is 119 cm³/mol. The molecule has 0 saturated carbocycles. The lowest BCUT2D eigenvalue weighted by Crippen LogP contribution is -2.34. The summed E-state index contributed by atoms with van der Waals surface area (Å²) < 4.78 is 5.81. The van der Waals surface area contributed by atoms with E-state index in [9.17, 15) is 4.79 Å². The lowest BCUT2D eigenvalue weighted by atomic mass is 10.1. The molecule has 0 spiro atoms. The summed E-state index contributed by atoms with van der Waals surface area (Å²) in [4.78, 5) is 18.0. The van der Waals surface area contributed by atoms with Crippen molar-refractivity contribution in [1.82, 2.24) is 10.1 Å². The zero-order valence-corrected chi connectivity index (χ0v) is 18.4. The second-order valence-electron chi connectivity index (χ2n) is 7.41. The van der Waals surface area contributed by atoms with Gasteiger partial charge in [-0.05, 0) is 31.2 Å². The molecular weight excluding hydrogens is 382 g/mol. The van der Waals surface area contributed by atoms with E-state index in [4.69, 9.17) is 4.52 Å². The fraction of sp³-hybridized carbons (Fsp3) is 0.391. The van der Waals surface area contributed by atoms with E-state index in [0.717, 1.165) is 40.7 Å². The van der Waals surface area contributed by atoms with Crippen LogP contribution in [0.15, 0.2) is 52.4 Å². The van der Waals surface area contributed by atoms with Gasteiger partial charge in [-0.25, -0.2) is 0 Å². The molecule has 0 bridgehead atoms. The summed E-state index contributed by atoms with van der Waals surface area (Å²) in [7, 11) is 0. The Morgan fingerprint density at radius 1 is 1.10 bits per heavy atom. The number of hydrogen-bond acceptors (Lipinski definition) is 5. The van der Waals surface area contributed by atoms with E-state index >= 15 is 0 Å². The third-order valence-electron chi connectivity index (χ3n) is 4.82. The first kappa shape index (κ1) is 21.1. The number of anilines is 1. The van der Waals surface area contributed by atoms with Crippen LogP contribution in [0.2, 0.25) is 0 Å². The highest BCUT2D eigenvalue weighted by Crippen LogP contribution is 2.33. The molecule has 0 unspecified atom stereocenters. The smallest absolute Gasteiger partial charge is 0.264 e. The molecule has 0 saturated heterocycles. The van der Waals surface area contributed by atoms with Gasteiger partial charge in [0, 0.05) is 25.2 Å². The molecule has 5 nitrogen and oxygen atoms in total. The number of aromatic nitrogens is 1. The van der Waals surface area contributed by atoms with Crippen LogP contribution < -0.4 is 4.90 Å². The first-order valence-corrected chi connectivity index (χ1v) is 11.0. The van der Waals surface area contributed by atoms with Crippen LogP contribution in [-0.2, 0) is 6.54 Å². The zero-order chi connectivity index (χ0) is 20.8. The highest BCUT2D eigenvalue weighted by atomic mass is 32.1. The molecule has 0 fully saturated rings. The number of hydrogen-bond donors (Lipinski definition) is 0. The Labute approximate surface area is 176 Å². The summed E-state index contributed by atoms with van der Waals surface area (Å²) in [5.41, 5.74) is 2.77. The molecule has 0 aliphatic carbocycles. The van der Waals surface area contributed by atoms with Crippen molar-refractivity contribution in [2.45, 2.75) is 34.2 Å². The number of nitrogens with zero attached hydrogens (tertiary/aromatic N) is 3. The SMILES string of the molecule is CCN(CC)c1onc(-c2ccccc2)c1CN(CC(C)C)C(=O)c1cccs1. The second kappa shape index (κ2) is 9.74. The van der Waals surface area contributed by atoms with Gasteiger partial charge < -0.3 is 14.3 Å². The van der Waals surface area contributed by atoms with Gasteiger partial charge in [-0.3, -0.25) is 4.79 Å². The van der Waals surface area contributed by atoms with Crippen molar-refractivity contribution in [2.75, 3.05) is 24.5 Å². The summed E-state index contributed by atoms with van der Waals surface area (Å²) in [5.74, 6) is 1.16. The van der Waals surface area contributed by atoms with Gasteiger partial charge >= 0.3 is 0 Å². The average Bonchev–Trinajstić information content (AvgIpc) is 3.39. The Balaban J connectivity index is 2.03. The maximum Gasteiger partial charge on any atom is 0.264 e. The number of benzene rings is 1. The van der Waals surface area contributed by atoms with Gasteiger partial charge in [-0.2, -0.15) is 0 Å². The van der Waals surface area contributed by atoms with E-state index in [2.05, 4.69) is 37.8 Å². The van der Waals surface area contributed by atoms with E-state index in [-0.39, 0.29) is 5.91 Å². The molecular formula is C23H29N3O2S. The van der Waals surface area contributed by atoms with Crippen LogP contribution in [0.25, 0.3) is 11.3 Å². The van der Waals surface area contributed by atoms with Gasteiger partial charge in [0.1, 0.15) is 5.69 Å². The molecule has 3 aromatic rings. The van der Waals surface area contributed by atoms with Gasteiger partial charge in [-0.1, -0.05) is 55.4 Å². The van der Waals surface area contributed by atoms with Crippen molar-refractivity contribution in [1.29, 1.82) is 0 Å². The fourth-order valence-electron chi connectivity index (χ4n) is 3.43. The minimum Gasteiger partial charge on any atom is -0.341 e. The van der Waals surface area contributed by atoms with Crippen molar-refractivity contribution < 1.29 is 9.32 Å². The minimum absolute atomic E-state index is 0.0550. The molecule has 2 heterocycles. The summed E-state index contributed by atoms with van der Waals surface area (Å²) in [6.07, 6.45) is 0. The molecule has 1 aromatic carbocycles. The van der Waals surface area contributed by atoms with Gasteiger partial charge in [-0.15, -0.1) is 11.3 Å². The summed E-state index contributed by atoms with van der Waals surface area (Å²) >= 11 is 1.48. The zero-order valence-electron chi connectivity index (χ0n) is 17.6. The van der Waals surface area contributed by atoms with Crippen molar-refractivity contribution in [3.05, 3.63) is 58.3 Å². The largest absolute Gasteiger partial charge is 0.341 e. The molecule has 0 aliphatic rings. The maximum atomic E-state index is 13.2. The van der Waals surface area contributed by atoms with E-state index in [0.29, 0.717) is 19.0 Å². The van der Waals surface area contributed by atoms with Crippen LogP contribution in [0.1, 0.15) is 42.9 Å². The van der Waals surface area contributed by atoms with Crippen molar-refractivity contribution in [2.24, 2.45) is 5.92 Å². The van der Waals surface area contributed by atoms with E-state index in [1.165, 1.54) is 11.3 Å². The quantitative estimate of drug-likeness (QED) is 0.463. The molecule has 6 heteroatoms. The van der Waals surface area contributed by atoms with Gasteiger partial charge in [0.15, 0.2) is 0 Å². The third-order valence-corrected chi connectivity index (χ3v) is 5.68. The normalized spacial score (nSPS) is 11.1. The Morgan fingerprint density at radius 2 is 1.83 bits per heavy atom. The highest BCUT2D eigenvalue weighted by Gasteiger charge is 2.26. The molecule has 0 radical (unpaired) electrons. The standard InChI is InChI=1S/C23H29N3O2S/c1-5-25(6-2)23-19(21(24-28-23)18-11-8-7-9-12-18)16-26(15-17(3)4)22(27)20-13-10-14-29-20/h7-14,17H,5-6,15-16H2,1-4H3. The second-order valence-corrected chi connectivity index (χ2v) is 8.36. The van der Waals surface area contributed by atoms with Crippen molar-refractivity contribution in [3.63, 3.8) is 0 Å². The first-order chi connectivity index (χ1) is 14.0. The Hall–Kier alpha value is -2.60. The van der Waals surface area contributed by atoms with E-state index in [1.807, 2.05) is 52.7 Å². The van der Waals surface area contributed by atoms with Crippen molar-refractivity contribution >= 4 is 23.1 Å². The molecule has 154 valence electrons. The van der Waals surface area contributed by atoms with Crippen LogP contribution >= 0.6 is 11.3 Å². The predicted octanol–water partition coefficient (Wildman–Crippen LogP) is 5.55. The lowest BCUT2D eigenvalue weighted by Gasteiger charge is -2.26. The van der Waals surface area contributed by atoms with Crippen LogP contribution in [-0.4, -0.2) is 35.6 Å². The molecule has 2 aromatic heterocycles. The fourth-order valence-corrected chi connectivity index (χ4v) is 4.12. The Bertz CT molecular complexity index is 900. The summed E-state index contributed by atoms with van der Waals surface area (Å²) in [5, 5.41) is 6.35. The summed E-state index contributed by atoms with van der Waals surface area (Å²) in [6.45, 7) is 11.2. The Morgan fingerprint density at radius 3 is 2.41 bits per heavy atom. The molecule has 0 aliphatic heterocycles. The minimum atomic E-state index is 0.0550. The van der Waals surface area contributed by atoms with Gasteiger partial charge in [0.25, 0.3) is 5.91 Å². The van der Waals surface area contributed by atoms with Gasteiger partial charge in [0.05, 0.1) is 17.0 Å². The molecule has 3 rings (SSSR count).